The molecule has 2 rings (SSSR count). The first-order valence-electron chi connectivity index (χ1n) is 6.32. The zero-order valence-corrected chi connectivity index (χ0v) is 10.1. The highest BCUT2D eigenvalue weighted by Crippen LogP contribution is 2.30. The summed E-state index contributed by atoms with van der Waals surface area (Å²) in [6.45, 7) is 8.06. The first-order valence-corrected chi connectivity index (χ1v) is 6.32. The number of hydrogen-bond donors (Lipinski definition) is 0. The summed E-state index contributed by atoms with van der Waals surface area (Å²) in [6, 6.07) is 0. The van der Waals surface area contributed by atoms with Gasteiger partial charge in [-0.2, -0.15) is 0 Å². The van der Waals surface area contributed by atoms with Crippen LogP contribution in [-0.4, -0.2) is 30.3 Å². The molecule has 1 atom stereocenters. The van der Waals surface area contributed by atoms with Crippen molar-refractivity contribution in [3.05, 3.63) is 0 Å². The Labute approximate surface area is 93.0 Å². The Morgan fingerprint density at radius 2 is 2.20 bits per heavy atom. The Morgan fingerprint density at radius 1 is 1.40 bits per heavy atom. The third-order valence-electron chi connectivity index (χ3n) is 3.92. The zero-order valence-electron chi connectivity index (χ0n) is 10.1. The first kappa shape index (κ1) is 11.1. The van der Waals surface area contributed by atoms with Gasteiger partial charge in [-0.1, -0.05) is 20.3 Å². The van der Waals surface area contributed by atoms with E-state index in [4.69, 9.17) is 0 Å². The molecule has 0 aromatic heterocycles. The smallest absolute Gasteiger partial charge is 0.137 e. The number of hydrogen-bond acceptors (Lipinski definition) is 2. The summed E-state index contributed by atoms with van der Waals surface area (Å²) < 4.78 is 0. The van der Waals surface area contributed by atoms with Gasteiger partial charge in [0, 0.05) is 25.4 Å². The fraction of sp³-hybridized carbons (Fsp3) is 0.923. The average molecular weight is 209 g/mol. The molecule has 1 saturated carbocycles. The fourth-order valence-electron chi connectivity index (χ4n) is 2.94. The highest BCUT2D eigenvalue weighted by atomic mass is 16.1. The lowest BCUT2D eigenvalue weighted by molar-refractivity contribution is -0.125. The van der Waals surface area contributed by atoms with E-state index in [1.165, 1.54) is 25.9 Å². The van der Waals surface area contributed by atoms with Crippen molar-refractivity contribution in [3.63, 3.8) is 0 Å². The van der Waals surface area contributed by atoms with Crippen LogP contribution in [0.5, 0.6) is 0 Å². The third kappa shape index (κ3) is 2.81. The second-order valence-electron chi connectivity index (χ2n) is 6.06. The Bertz CT molecular complexity index is 247. The Kier molecular flexibility index (Phi) is 3.15. The van der Waals surface area contributed by atoms with Crippen LogP contribution in [0.2, 0.25) is 0 Å². The number of ketones is 1. The van der Waals surface area contributed by atoms with E-state index in [2.05, 4.69) is 18.7 Å². The highest BCUT2D eigenvalue weighted by molar-refractivity contribution is 5.81. The maximum absolute atomic E-state index is 11.7. The Hall–Kier alpha value is -0.370. The summed E-state index contributed by atoms with van der Waals surface area (Å²) in [7, 11) is 0. The summed E-state index contributed by atoms with van der Waals surface area (Å²) in [4.78, 5) is 14.2. The fourth-order valence-corrected chi connectivity index (χ4v) is 2.94. The molecule has 1 aliphatic heterocycles. The van der Waals surface area contributed by atoms with Gasteiger partial charge in [-0.05, 0) is 31.2 Å². The van der Waals surface area contributed by atoms with Crippen molar-refractivity contribution < 1.29 is 4.79 Å². The van der Waals surface area contributed by atoms with Gasteiger partial charge in [0.1, 0.15) is 5.78 Å². The normalized spacial score (nSPS) is 32.1. The van der Waals surface area contributed by atoms with Crippen LogP contribution in [0.1, 0.15) is 46.0 Å². The Balaban J connectivity index is 1.84. The van der Waals surface area contributed by atoms with Crippen molar-refractivity contribution in [3.8, 4) is 0 Å². The lowest BCUT2D eigenvalue weighted by Gasteiger charge is -2.26. The van der Waals surface area contributed by atoms with Crippen molar-refractivity contribution >= 4 is 5.78 Å². The van der Waals surface area contributed by atoms with Gasteiger partial charge in [-0.15, -0.1) is 0 Å². The van der Waals surface area contributed by atoms with Crippen LogP contribution in [0.15, 0.2) is 0 Å². The van der Waals surface area contributed by atoms with Crippen molar-refractivity contribution in [2.24, 2.45) is 11.3 Å². The SMILES string of the molecule is CC1(C)CCN(CC2CCCCC2=O)C1. The number of nitrogens with zero attached hydrogens (tertiary/aromatic N) is 1. The topological polar surface area (TPSA) is 20.3 Å². The van der Waals surface area contributed by atoms with Gasteiger partial charge in [0.05, 0.1) is 0 Å². The second-order valence-corrected chi connectivity index (χ2v) is 6.06. The van der Waals surface area contributed by atoms with E-state index in [1.54, 1.807) is 0 Å². The Morgan fingerprint density at radius 3 is 2.80 bits per heavy atom. The molecule has 2 fully saturated rings. The molecular formula is C13H23NO. The number of carbonyl (C=O) groups excluding carboxylic acids is 1. The maximum atomic E-state index is 11.7. The quantitative estimate of drug-likeness (QED) is 0.696. The first-order chi connectivity index (χ1) is 7.07. The van der Waals surface area contributed by atoms with Gasteiger partial charge in [-0.3, -0.25) is 4.79 Å². The largest absolute Gasteiger partial charge is 0.302 e. The lowest BCUT2D eigenvalue weighted by Crippen LogP contribution is -2.34. The second kappa shape index (κ2) is 4.25. The minimum Gasteiger partial charge on any atom is -0.302 e. The van der Waals surface area contributed by atoms with Crippen LogP contribution >= 0.6 is 0 Å². The highest BCUT2D eigenvalue weighted by Gasteiger charge is 2.32. The van der Waals surface area contributed by atoms with E-state index in [-0.39, 0.29) is 0 Å². The van der Waals surface area contributed by atoms with E-state index in [9.17, 15) is 4.79 Å². The molecular weight excluding hydrogens is 186 g/mol. The summed E-state index contributed by atoms with van der Waals surface area (Å²) in [5.74, 6) is 0.874. The van der Waals surface area contributed by atoms with Gasteiger partial charge < -0.3 is 4.90 Å². The van der Waals surface area contributed by atoms with Gasteiger partial charge in [0.2, 0.25) is 0 Å². The summed E-state index contributed by atoms with van der Waals surface area (Å²) in [5, 5.41) is 0. The van der Waals surface area contributed by atoms with Gasteiger partial charge in [0.25, 0.3) is 0 Å². The number of likely N-dealkylation sites (tertiary alicyclic amines) is 1. The number of Topliss-reactive ketones (excluding diaryl/α,β-unsaturated/α-hetero) is 1. The third-order valence-corrected chi connectivity index (χ3v) is 3.92. The predicted molar refractivity (Wildman–Crippen MR) is 61.8 cm³/mol. The summed E-state index contributed by atoms with van der Waals surface area (Å²) >= 11 is 0. The molecule has 0 amide bonds. The van der Waals surface area contributed by atoms with E-state index >= 15 is 0 Å². The molecule has 0 aromatic carbocycles. The monoisotopic (exact) mass is 209 g/mol. The standard InChI is InChI=1S/C13H23NO/c1-13(2)7-8-14(10-13)9-11-5-3-4-6-12(11)15/h11H,3-10H2,1-2H3. The van der Waals surface area contributed by atoms with Gasteiger partial charge in [0.15, 0.2) is 0 Å². The average Bonchev–Trinajstić information content (AvgIpc) is 2.50. The molecule has 2 heteroatoms. The zero-order chi connectivity index (χ0) is 10.9. The molecule has 0 N–H and O–H groups in total. The number of rotatable bonds is 2. The molecule has 0 bridgehead atoms. The van der Waals surface area contributed by atoms with Gasteiger partial charge >= 0.3 is 0 Å². The van der Waals surface area contributed by atoms with Crippen LogP contribution in [-0.2, 0) is 4.79 Å². The minimum absolute atomic E-state index is 0.354. The van der Waals surface area contributed by atoms with E-state index in [0.717, 1.165) is 25.8 Å². The van der Waals surface area contributed by atoms with E-state index < -0.39 is 0 Å². The van der Waals surface area contributed by atoms with Crippen LogP contribution in [0, 0.1) is 11.3 Å². The molecule has 1 heterocycles. The predicted octanol–water partition coefficient (Wildman–Crippen LogP) is 2.48. The molecule has 1 unspecified atom stereocenters. The maximum Gasteiger partial charge on any atom is 0.137 e. The van der Waals surface area contributed by atoms with Crippen LogP contribution in [0.25, 0.3) is 0 Å². The molecule has 1 saturated heterocycles. The van der Waals surface area contributed by atoms with E-state index in [1.807, 2.05) is 0 Å². The van der Waals surface area contributed by atoms with Crippen molar-refractivity contribution in [1.29, 1.82) is 0 Å². The molecule has 0 aromatic rings. The van der Waals surface area contributed by atoms with Crippen molar-refractivity contribution in [2.75, 3.05) is 19.6 Å². The van der Waals surface area contributed by atoms with Crippen LogP contribution < -0.4 is 0 Å². The molecule has 86 valence electrons. The minimum atomic E-state index is 0.354. The van der Waals surface area contributed by atoms with Gasteiger partial charge in [-0.25, -0.2) is 0 Å². The molecule has 1 aliphatic carbocycles. The molecule has 15 heavy (non-hydrogen) atoms. The molecule has 2 aliphatic rings. The molecule has 2 nitrogen and oxygen atoms in total. The number of carbonyl (C=O) groups is 1. The van der Waals surface area contributed by atoms with Crippen molar-refractivity contribution in [1.82, 2.24) is 4.90 Å². The molecule has 0 radical (unpaired) electrons. The van der Waals surface area contributed by atoms with Crippen molar-refractivity contribution in [2.45, 2.75) is 46.0 Å². The molecule has 0 spiro atoms. The lowest BCUT2D eigenvalue weighted by atomic mass is 9.87. The van der Waals surface area contributed by atoms with Crippen LogP contribution in [0.4, 0.5) is 0 Å². The van der Waals surface area contributed by atoms with E-state index in [0.29, 0.717) is 17.1 Å². The van der Waals surface area contributed by atoms with Crippen LogP contribution in [0.3, 0.4) is 0 Å². The summed E-state index contributed by atoms with van der Waals surface area (Å²) in [5.41, 5.74) is 0.470. The summed E-state index contributed by atoms with van der Waals surface area (Å²) in [6.07, 6.45) is 5.64.